The average Bonchev–Trinajstić information content (AvgIpc) is 2.31. The number of hydrogen-bond donors (Lipinski definition) is 0. The Morgan fingerprint density at radius 2 is 2.06 bits per heavy atom. The number of ether oxygens (including phenoxy) is 1. The van der Waals surface area contributed by atoms with Crippen molar-refractivity contribution in [3.8, 4) is 0 Å². The van der Waals surface area contributed by atoms with Crippen LogP contribution in [0.2, 0.25) is 5.15 Å². The zero-order valence-corrected chi connectivity index (χ0v) is 12.1. The Labute approximate surface area is 114 Å². The summed E-state index contributed by atoms with van der Waals surface area (Å²) in [6.45, 7) is 6.95. The molecule has 1 aliphatic rings. The van der Waals surface area contributed by atoms with E-state index in [1.807, 2.05) is 13.8 Å². The number of hydrogen-bond acceptors (Lipinski definition) is 3. The van der Waals surface area contributed by atoms with E-state index in [2.05, 4.69) is 16.9 Å². The molecule has 1 heterocycles. The Morgan fingerprint density at radius 3 is 2.61 bits per heavy atom. The second-order valence-electron chi connectivity index (χ2n) is 5.27. The molecule has 1 aromatic rings. The molecule has 0 unspecified atom stereocenters. The normalized spacial score (nSPS) is 28.3. The van der Waals surface area contributed by atoms with Crippen molar-refractivity contribution in [3.63, 3.8) is 0 Å². The van der Waals surface area contributed by atoms with E-state index >= 15 is 0 Å². The van der Waals surface area contributed by atoms with Gasteiger partial charge in [0.2, 0.25) is 0 Å². The van der Waals surface area contributed by atoms with E-state index < -0.39 is 0 Å². The molecule has 1 aliphatic carbocycles. The van der Waals surface area contributed by atoms with E-state index in [1.165, 1.54) is 0 Å². The summed E-state index contributed by atoms with van der Waals surface area (Å²) in [5.41, 5.74) is 0.583. The molecule has 0 aromatic carbocycles. The zero-order chi connectivity index (χ0) is 13.2. The summed E-state index contributed by atoms with van der Waals surface area (Å²) >= 11 is 6.05. The smallest absolute Gasteiger partial charge is 0.162 e. The van der Waals surface area contributed by atoms with Crippen molar-refractivity contribution in [1.82, 2.24) is 9.97 Å². The first-order valence-electron chi connectivity index (χ1n) is 6.71. The molecule has 1 saturated carbocycles. The van der Waals surface area contributed by atoms with Crippen LogP contribution in [0.1, 0.15) is 51.0 Å². The van der Waals surface area contributed by atoms with Crippen LogP contribution < -0.4 is 0 Å². The first kappa shape index (κ1) is 13.8. The summed E-state index contributed by atoms with van der Waals surface area (Å²) in [7, 11) is 0. The highest BCUT2D eigenvalue weighted by Gasteiger charge is 2.39. The number of nitrogens with zero attached hydrogens (tertiary/aromatic N) is 2. The molecule has 1 fully saturated rings. The molecule has 0 bridgehead atoms. The van der Waals surface area contributed by atoms with E-state index in [-0.39, 0.29) is 5.60 Å². The van der Waals surface area contributed by atoms with Crippen molar-refractivity contribution in [2.45, 2.75) is 52.1 Å². The highest BCUT2D eigenvalue weighted by molar-refractivity contribution is 6.29. The van der Waals surface area contributed by atoms with Gasteiger partial charge >= 0.3 is 0 Å². The highest BCUT2D eigenvalue weighted by Crippen LogP contribution is 2.41. The summed E-state index contributed by atoms with van der Waals surface area (Å²) in [4.78, 5) is 8.96. The molecule has 0 radical (unpaired) electrons. The van der Waals surface area contributed by atoms with Gasteiger partial charge in [-0.15, -0.1) is 0 Å². The van der Waals surface area contributed by atoms with Gasteiger partial charge in [-0.1, -0.05) is 18.5 Å². The molecule has 1 aromatic heterocycles. The summed E-state index contributed by atoms with van der Waals surface area (Å²) < 4.78 is 6.03. The summed E-state index contributed by atoms with van der Waals surface area (Å²) in [6, 6.07) is 1.79. The lowest BCUT2D eigenvalue weighted by atomic mass is 9.79. The Bertz CT molecular complexity index is 394. The molecule has 0 aliphatic heterocycles. The topological polar surface area (TPSA) is 35.0 Å². The van der Waals surface area contributed by atoms with Crippen molar-refractivity contribution < 1.29 is 4.74 Å². The fraction of sp³-hybridized carbons (Fsp3) is 0.714. The lowest BCUT2D eigenvalue weighted by Crippen LogP contribution is -2.36. The van der Waals surface area contributed by atoms with Gasteiger partial charge in [-0.2, -0.15) is 0 Å². The standard InChI is InChI=1S/C14H21ClN2O/c1-4-18-14(7-5-10(2)6-8-14)13-16-11(3)9-12(15)17-13/h9-10H,4-8H2,1-3H3. The second kappa shape index (κ2) is 5.54. The molecule has 18 heavy (non-hydrogen) atoms. The third-order valence-electron chi connectivity index (χ3n) is 3.73. The fourth-order valence-corrected chi connectivity index (χ4v) is 2.91. The van der Waals surface area contributed by atoms with Gasteiger partial charge in [0.05, 0.1) is 0 Å². The largest absolute Gasteiger partial charge is 0.367 e. The van der Waals surface area contributed by atoms with Gasteiger partial charge in [0, 0.05) is 12.3 Å². The Balaban J connectivity index is 2.34. The van der Waals surface area contributed by atoms with E-state index in [0.29, 0.717) is 11.8 Å². The maximum atomic E-state index is 6.05. The minimum Gasteiger partial charge on any atom is -0.367 e. The van der Waals surface area contributed by atoms with E-state index in [0.717, 1.165) is 43.1 Å². The van der Waals surface area contributed by atoms with E-state index in [9.17, 15) is 0 Å². The van der Waals surface area contributed by atoms with Crippen LogP contribution in [0, 0.1) is 12.8 Å². The summed E-state index contributed by atoms with van der Waals surface area (Å²) in [6.07, 6.45) is 4.30. The molecule has 100 valence electrons. The molecule has 3 nitrogen and oxygen atoms in total. The molecule has 0 amide bonds. The van der Waals surface area contributed by atoms with Crippen LogP contribution in [-0.2, 0) is 10.3 Å². The molecular formula is C14H21ClN2O. The quantitative estimate of drug-likeness (QED) is 0.781. The first-order valence-corrected chi connectivity index (χ1v) is 7.09. The summed E-state index contributed by atoms with van der Waals surface area (Å²) in [5, 5.41) is 0.509. The number of aromatic nitrogens is 2. The predicted molar refractivity (Wildman–Crippen MR) is 72.7 cm³/mol. The van der Waals surface area contributed by atoms with Crippen molar-refractivity contribution in [1.29, 1.82) is 0 Å². The van der Waals surface area contributed by atoms with Crippen LogP contribution in [0.5, 0.6) is 0 Å². The van der Waals surface area contributed by atoms with Crippen molar-refractivity contribution in [3.05, 3.63) is 22.7 Å². The molecule has 4 heteroatoms. The molecule has 0 N–H and O–H groups in total. The molecule has 0 atom stereocenters. The van der Waals surface area contributed by atoms with Gasteiger partial charge < -0.3 is 4.74 Å². The number of rotatable bonds is 3. The van der Waals surface area contributed by atoms with Crippen LogP contribution in [0.3, 0.4) is 0 Å². The maximum Gasteiger partial charge on any atom is 0.162 e. The average molecular weight is 269 g/mol. The van der Waals surface area contributed by atoms with Crippen LogP contribution in [0.25, 0.3) is 0 Å². The summed E-state index contributed by atoms with van der Waals surface area (Å²) in [5.74, 6) is 1.53. The Morgan fingerprint density at radius 1 is 1.39 bits per heavy atom. The van der Waals surface area contributed by atoms with Gasteiger partial charge in [-0.25, -0.2) is 9.97 Å². The lowest BCUT2D eigenvalue weighted by molar-refractivity contribution is -0.0838. The van der Waals surface area contributed by atoms with Crippen LogP contribution >= 0.6 is 11.6 Å². The van der Waals surface area contributed by atoms with E-state index in [1.54, 1.807) is 6.07 Å². The van der Waals surface area contributed by atoms with E-state index in [4.69, 9.17) is 16.3 Å². The van der Waals surface area contributed by atoms with Gasteiger partial charge in [0.15, 0.2) is 5.82 Å². The van der Waals surface area contributed by atoms with Crippen LogP contribution in [0.15, 0.2) is 6.07 Å². The number of halogens is 1. The highest BCUT2D eigenvalue weighted by atomic mass is 35.5. The molecule has 0 spiro atoms. The van der Waals surface area contributed by atoms with Gasteiger partial charge in [0.25, 0.3) is 0 Å². The SMILES string of the molecule is CCOC1(c2nc(C)cc(Cl)n2)CCC(C)CC1. The predicted octanol–water partition coefficient (Wildman–Crippen LogP) is 3.88. The Kier molecular flexibility index (Phi) is 4.23. The van der Waals surface area contributed by atoms with Gasteiger partial charge in [-0.3, -0.25) is 0 Å². The third-order valence-corrected chi connectivity index (χ3v) is 3.93. The van der Waals surface area contributed by atoms with Crippen molar-refractivity contribution >= 4 is 11.6 Å². The van der Waals surface area contributed by atoms with Crippen LogP contribution in [0.4, 0.5) is 0 Å². The van der Waals surface area contributed by atoms with Crippen molar-refractivity contribution in [2.75, 3.05) is 6.61 Å². The lowest BCUT2D eigenvalue weighted by Gasteiger charge is -2.37. The first-order chi connectivity index (χ1) is 8.55. The Hall–Kier alpha value is -0.670. The third kappa shape index (κ3) is 2.83. The second-order valence-corrected chi connectivity index (χ2v) is 5.65. The van der Waals surface area contributed by atoms with Crippen molar-refractivity contribution in [2.24, 2.45) is 5.92 Å². The van der Waals surface area contributed by atoms with Crippen LogP contribution in [-0.4, -0.2) is 16.6 Å². The maximum absolute atomic E-state index is 6.05. The number of aryl methyl sites for hydroxylation is 1. The minimum atomic E-state index is -0.322. The fourth-order valence-electron chi connectivity index (χ4n) is 2.67. The molecule has 2 rings (SSSR count). The minimum absolute atomic E-state index is 0.322. The molecular weight excluding hydrogens is 248 g/mol. The van der Waals surface area contributed by atoms with Gasteiger partial charge in [0.1, 0.15) is 10.8 Å². The van der Waals surface area contributed by atoms with Gasteiger partial charge in [-0.05, 0) is 51.5 Å². The zero-order valence-electron chi connectivity index (χ0n) is 11.4. The monoisotopic (exact) mass is 268 g/mol. The molecule has 0 saturated heterocycles.